The highest BCUT2D eigenvalue weighted by Crippen LogP contribution is 2.40. The van der Waals surface area contributed by atoms with Gasteiger partial charge < -0.3 is 29.6 Å². The number of carboxylic acid groups (broad SMARTS) is 1. The number of carboxylic acids is 1. The van der Waals surface area contributed by atoms with E-state index in [1.807, 2.05) is 19.1 Å². The summed E-state index contributed by atoms with van der Waals surface area (Å²) in [5, 5.41) is 30.0. The van der Waals surface area contributed by atoms with Gasteiger partial charge in [0.15, 0.2) is 6.29 Å². The zero-order chi connectivity index (χ0) is 18.9. The van der Waals surface area contributed by atoms with Gasteiger partial charge in [-0.15, -0.1) is 0 Å². The molecule has 0 aromatic carbocycles. The van der Waals surface area contributed by atoms with E-state index in [2.05, 4.69) is 6.08 Å². The van der Waals surface area contributed by atoms with E-state index in [4.69, 9.17) is 9.47 Å². The van der Waals surface area contributed by atoms with Crippen molar-refractivity contribution in [2.24, 2.45) is 5.92 Å². The normalized spacial score (nSPS) is 30.4. The minimum absolute atomic E-state index is 0.0836. The van der Waals surface area contributed by atoms with Crippen molar-refractivity contribution in [1.29, 1.82) is 0 Å². The summed E-state index contributed by atoms with van der Waals surface area (Å²) < 4.78 is 11.5. The first-order chi connectivity index (χ1) is 12.5. The number of allylic oxidation sites excluding steroid dienone is 2. The lowest BCUT2D eigenvalue weighted by Crippen LogP contribution is -2.55. The smallest absolute Gasteiger partial charge is 0.161 e. The van der Waals surface area contributed by atoms with Gasteiger partial charge >= 0.3 is 0 Å². The van der Waals surface area contributed by atoms with Crippen LogP contribution in [0.4, 0.5) is 0 Å². The number of unbranched alkanes of at least 4 members (excludes halogenated alkanes) is 1. The number of fused-ring (bicyclic) bond motifs is 2. The van der Waals surface area contributed by atoms with Gasteiger partial charge in [0.2, 0.25) is 0 Å². The van der Waals surface area contributed by atoms with Gasteiger partial charge in [-0.3, -0.25) is 0 Å². The van der Waals surface area contributed by atoms with Crippen molar-refractivity contribution in [3.8, 4) is 0 Å². The van der Waals surface area contributed by atoms with Crippen LogP contribution in [-0.2, 0) is 14.3 Å². The topological polar surface area (TPSA) is 99.1 Å². The van der Waals surface area contributed by atoms with Crippen molar-refractivity contribution in [3.05, 3.63) is 24.3 Å². The molecule has 2 N–H and O–H groups in total. The molecule has 6 nitrogen and oxygen atoms in total. The molecule has 3 heterocycles. The number of aliphatic carboxylic acids is 1. The minimum Gasteiger partial charge on any atom is -0.550 e. The van der Waals surface area contributed by atoms with Crippen LogP contribution in [-0.4, -0.2) is 46.9 Å². The Morgan fingerprint density at radius 1 is 1.27 bits per heavy atom. The highest BCUT2D eigenvalue weighted by atomic mass is 16.7. The quantitative estimate of drug-likeness (QED) is 0.400. The maximum absolute atomic E-state index is 10.4. The fourth-order valence-electron chi connectivity index (χ4n) is 3.34. The van der Waals surface area contributed by atoms with Crippen LogP contribution in [0.25, 0.3) is 0 Å². The summed E-state index contributed by atoms with van der Waals surface area (Å²) in [5.41, 5.74) is 0. The Balaban J connectivity index is 1.77. The molecule has 0 amide bonds. The van der Waals surface area contributed by atoms with Crippen molar-refractivity contribution in [2.75, 3.05) is 0 Å². The maximum atomic E-state index is 10.4. The summed E-state index contributed by atoms with van der Waals surface area (Å²) in [5.74, 6) is -0.815. The van der Waals surface area contributed by atoms with E-state index < -0.39 is 12.1 Å². The molecule has 3 aliphatic heterocycles. The molecule has 0 saturated carbocycles. The molecule has 6 atom stereocenters. The number of hydrogen-bond donors (Lipinski definition) is 2. The molecule has 3 fully saturated rings. The summed E-state index contributed by atoms with van der Waals surface area (Å²) in [6.45, 7) is 1.92. The number of rotatable bonds is 12. The van der Waals surface area contributed by atoms with E-state index >= 15 is 0 Å². The molecule has 3 aliphatic rings. The van der Waals surface area contributed by atoms with Crippen molar-refractivity contribution < 1.29 is 29.6 Å². The summed E-state index contributed by atoms with van der Waals surface area (Å²) in [4.78, 5) is 10.4. The summed E-state index contributed by atoms with van der Waals surface area (Å²) in [6, 6.07) is 0. The molecular weight excluding hydrogens is 336 g/mol. The van der Waals surface area contributed by atoms with Gasteiger partial charge in [0.1, 0.15) is 0 Å². The number of hydrogen-bond acceptors (Lipinski definition) is 6. The molecule has 0 spiro atoms. The SMILES string of the molecule is CCC(O)CC[C@H](O)/C=C/[C@H]1O[C@H]2C[C@H](O2)[C@@H]1C/C=C\CCCC(=O)[O-]. The number of aliphatic hydroxyl groups is 2. The van der Waals surface area contributed by atoms with E-state index in [1.54, 1.807) is 6.08 Å². The Morgan fingerprint density at radius 2 is 2.04 bits per heavy atom. The Labute approximate surface area is 155 Å². The zero-order valence-electron chi connectivity index (χ0n) is 15.5. The van der Waals surface area contributed by atoms with Crippen molar-refractivity contribution in [3.63, 3.8) is 0 Å². The third-order valence-corrected chi connectivity index (χ3v) is 5.08. The molecule has 6 heteroatoms. The Bertz CT molecular complexity index is 483. The van der Waals surface area contributed by atoms with Crippen molar-refractivity contribution in [2.45, 2.75) is 89.0 Å². The second kappa shape index (κ2) is 10.8. The predicted molar refractivity (Wildman–Crippen MR) is 94.9 cm³/mol. The monoisotopic (exact) mass is 367 g/mol. The standard InChI is InChI=1S/C20H32O6/c1-2-14(21)9-10-15(22)11-12-17-16(18-13-20(25-17)26-18)7-5-3-4-6-8-19(23)24/h3,5,11-12,14-18,20-22H,2,4,6-10,13H2,1H3,(H,23,24)/p-1/b5-3-,12-11+/t14?,15-,16+,17+,18-,20+/m0/s1. The number of carbonyl (C=O) groups is 1. The maximum Gasteiger partial charge on any atom is 0.161 e. The molecule has 1 unspecified atom stereocenters. The fraction of sp³-hybridized carbons (Fsp3) is 0.750. The molecule has 0 aliphatic carbocycles. The lowest BCUT2D eigenvalue weighted by Gasteiger charge is -2.49. The Kier molecular flexibility index (Phi) is 8.78. The number of ether oxygens (including phenoxy) is 2. The van der Waals surface area contributed by atoms with E-state index in [1.165, 1.54) is 0 Å². The van der Waals surface area contributed by atoms with Crippen LogP contribution in [0.15, 0.2) is 24.3 Å². The zero-order valence-corrected chi connectivity index (χ0v) is 15.5. The largest absolute Gasteiger partial charge is 0.550 e. The van der Waals surface area contributed by atoms with E-state index in [9.17, 15) is 20.1 Å². The molecule has 26 heavy (non-hydrogen) atoms. The molecule has 148 valence electrons. The molecule has 3 rings (SSSR count). The van der Waals surface area contributed by atoms with Gasteiger partial charge in [-0.1, -0.05) is 31.2 Å². The Hall–Kier alpha value is -1.21. The molecule has 0 aromatic heterocycles. The van der Waals surface area contributed by atoms with Crippen LogP contribution < -0.4 is 5.11 Å². The molecule has 3 saturated heterocycles. The second-order valence-electron chi connectivity index (χ2n) is 7.17. The van der Waals surface area contributed by atoms with Crippen molar-refractivity contribution in [1.82, 2.24) is 0 Å². The molecule has 0 aromatic rings. The van der Waals surface area contributed by atoms with E-state index in [0.29, 0.717) is 32.1 Å². The fourth-order valence-corrected chi connectivity index (χ4v) is 3.34. The molecule has 0 radical (unpaired) electrons. The first-order valence-corrected chi connectivity index (χ1v) is 9.69. The lowest BCUT2D eigenvalue weighted by atomic mass is 9.84. The average Bonchev–Trinajstić information content (AvgIpc) is 2.59. The lowest BCUT2D eigenvalue weighted by molar-refractivity contribution is -0.337. The third-order valence-electron chi connectivity index (χ3n) is 5.08. The Morgan fingerprint density at radius 3 is 2.73 bits per heavy atom. The predicted octanol–water partition coefficient (Wildman–Crippen LogP) is 1.45. The van der Waals surface area contributed by atoms with Crippen LogP contribution in [0, 0.1) is 5.92 Å². The highest BCUT2D eigenvalue weighted by Gasteiger charge is 2.46. The van der Waals surface area contributed by atoms with Crippen LogP contribution in [0.5, 0.6) is 0 Å². The number of aliphatic hydroxyl groups excluding tert-OH is 2. The van der Waals surface area contributed by atoms with Gasteiger partial charge in [0.05, 0.1) is 24.4 Å². The first kappa shape index (κ1) is 21.1. The first-order valence-electron chi connectivity index (χ1n) is 9.69. The number of carbonyl (C=O) groups excluding carboxylic acids is 1. The van der Waals surface area contributed by atoms with Gasteiger partial charge in [0, 0.05) is 18.3 Å². The van der Waals surface area contributed by atoms with Gasteiger partial charge in [-0.2, -0.15) is 0 Å². The second-order valence-corrected chi connectivity index (χ2v) is 7.17. The summed E-state index contributed by atoms with van der Waals surface area (Å²) in [7, 11) is 0. The van der Waals surface area contributed by atoms with Crippen LogP contribution in [0.3, 0.4) is 0 Å². The van der Waals surface area contributed by atoms with Crippen LogP contribution in [0.2, 0.25) is 0 Å². The van der Waals surface area contributed by atoms with Gasteiger partial charge in [0.25, 0.3) is 0 Å². The molecular formula is C20H31O6-. The van der Waals surface area contributed by atoms with Crippen LogP contribution >= 0.6 is 0 Å². The summed E-state index contributed by atoms with van der Waals surface area (Å²) >= 11 is 0. The third kappa shape index (κ3) is 6.83. The highest BCUT2D eigenvalue weighted by molar-refractivity contribution is 5.64. The van der Waals surface area contributed by atoms with Crippen molar-refractivity contribution >= 4 is 5.97 Å². The molecule has 2 bridgehead atoms. The van der Waals surface area contributed by atoms with E-state index in [-0.39, 0.29) is 36.9 Å². The minimum atomic E-state index is -1.01. The van der Waals surface area contributed by atoms with Crippen LogP contribution in [0.1, 0.15) is 58.3 Å². The van der Waals surface area contributed by atoms with Gasteiger partial charge in [-0.05, 0) is 44.9 Å². The average molecular weight is 367 g/mol. The van der Waals surface area contributed by atoms with Gasteiger partial charge in [-0.25, -0.2) is 0 Å². The summed E-state index contributed by atoms with van der Waals surface area (Å²) in [6.07, 6.45) is 11.6. The van der Waals surface area contributed by atoms with E-state index in [0.717, 1.165) is 12.8 Å².